The highest BCUT2D eigenvalue weighted by atomic mass is 79.9. The van der Waals surface area contributed by atoms with Crippen LogP contribution in [0.25, 0.3) is 11.1 Å². The maximum absolute atomic E-state index is 12.2. The second-order valence-electron chi connectivity index (χ2n) is 6.14. The molecule has 0 saturated carbocycles. The van der Waals surface area contributed by atoms with Gasteiger partial charge in [-0.25, -0.2) is 9.59 Å². The van der Waals surface area contributed by atoms with Crippen molar-refractivity contribution in [1.29, 1.82) is 0 Å². The lowest BCUT2D eigenvalue weighted by atomic mass is 10.1. The van der Waals surface area contributed by atoms with E-state index in [2.05, 4.69) is 31.9 Å². The smallest absolute Gasteiger partial charge is 0.349 e. The van der Waals surface area contributed by atoms with Gasteiger partial charge >= 0.3 is 11.9 Å². The van der Waals surface area contributed by atoms with Gasteiger partial charge in [0.2, 0.25) is 0 Å². The summed E-state index contributed by atoms with van der Waals surface area (Å²) in [6, 6.07) is 20.2. The van der Waals surface area contributed by atoms with E-state index in [1.54, 1.807) is 19.1 Å². The van der Waals surface area contributed by atoms with Gasteiger partial charge in [-0.05, 0) is 80.2 Å². The average Bonchev–Trinajstić information content (AvgIpc) is 2.75. The van der Waals surface area contributed by atoms with E-state index in [0.29, 0.717) is 15.8 Å². The Labute approximate surface area is 191 Å². The average molecular weight is 534 g/mol. The van der Waals surface area contributed by atoms with Crippen LogP contribution in [-0.2, 0) is 9.53 Å². The number of benzene rings is 3. The topological polar surface area (TPSA) is 61.8 Å². The second-order valence-corrected chi connectivity index (χ2v) is 7.85. The maximum atomic E-state index is 12.2. The third-order valence-electron chi connectivity index (χ3n) is 4.05. The van der Waals surface area contributed by atoms with Crippen molar-refractivity contribution < 1.29 is 23.8 Å². The predicted molar refractivity (Wildman–Crippen MR) is 121 cm³/mol. The summed E-state index contributed by atoms with van der Waals surface area (Å²) in [6.07, 6.45) is 0. The summed E-state index contributed by atoms with van der Waals surface area (Å²) in [7, 11) is 0. The minimum atomic E-state index is -0.571. The molecule has 3 aromatic carbocycles. The third-order valence-corrected chi connectivity index (χ3v) is 5.29. The summed E-state index contributed by atoms with van der Waals surface area (Å²) in [5, 5.41) is 0. The highest BCUT2D eigenvalue weighted by Crippen LogP contribution is 2.31. The molecule has 0 spiro atoms. The Kier molecular flexibility index (Phi) is 7.65. The number of carbonyl (C=O) groups excluding carboxylic acids is 2. The molecule has 7 heteroatoms. The molecule has 0 aliphatic rings. The molecule has 0 aliphatic carbocycles. The molecule has 0 aromatic heterocycles. The van der Waals surface area contributed by atoms with Gasteiger partial charge in [-0.2, -0.15) is 0 Å². The zero-order valence-corrected chi connectivity index (χ0v) is 19.2. The molecule has 0 amide bonds. The van der Waals surface area contributed by atoms with E-state index >= 15 is 0 Å². The van der Waals surface area contributed by atoms with Gasteiger partial charge in [0.05, 0.1) is 21.1 Å². The van der Waals surface area contributed by atoms with E-state index in [1.807, 2.05) is 42.5 Å². The summed E-state index contributed by atoms with van der Waals surface area (Å²) in [6.45, 7) is 1.75. The van der Waals surface area contributed by atoms with Crippen LogP contribution in [0.2, 0.25) is 0 Å². The largest absolute Gasteiger partial charge is 0.481 e. The molecule has 30 heavy (non-hydrogen) atoms. The molecule has 5 nitrogen and oxygen atoms in total. The summed E-state index contributed by atoms with van der Waals surface area (Å²) < 4.78 is 17.0. The van der Waals surface area contributed by atoms with Crippen molar-refractivity contribution in [2.75, 3.05) is 13.2 Å². The predicted octanol–water partition coefficient (Wildman–Crippen LogP) is 6.04. The lowest BCUT2D eigenvalue weighted by molar-refractivity contribution is -0.136. The molecule has 0 saturated heterocycles. The van der Waals surface area contributed by atoms with Crippen molar-refractivity contribution in [3.63, 3.8) is 0 Å². The van der Waals surface area contributed by atoms with Gasteiger partial charge in [0.15, 0.2) is 6.61 Å². The number of halogens is 2. The van der Waals surface area contributed by atoms with Crippen LogP contribution in [0.4, 0.5) is 0 Å². The lowest BCUT2D eigenvalue weighted by Crippen LogP contribution is -2.18. The molecule has 3 rings (SSSR count). The summed E-state index contributed by atoms with van der Waals surface area (Å²) >= 11 is 6.78. The molecule has 0 bridgehead atoms. The van der Waals surface area contributed by atoms with Crippen LogP contribution in [0.3, 0.4) is 0 Å². The first kappa shape index (κ1) is 22.1. The highest BCUT2D eigenvalue weighted by molar-refractivity contribution is 9.10. The number of hydrogen-bond acceptors (Lipinski definition) is 5. The van der Waals surface area contributed by atoms with Crippen LogP contribution < -0.4 is 9.47 Å². The molecule has 0 atom stereocenters. The van der Waals surface area contributed by atoms with Crippen molar-refractivity contribution >= 4 is 43.8 Å². The monoisotopic (exact) mass is 532 g/mol. The molecule has 0 heterocycles. The van der Waals surface area contributed by atoms with Gasteiger partial charge in [-0.15, -0.1) is 0 Å². The molecule has 0 N–H and O–H groups in total. The second kappa shape index (κ2) is 10.4. The van der Waals surface area contributed by atoms with Crippen LogP contribution in [0.5, 0.6) is 11.5 Å². The van der Waals surface area contributed by atoms with Gasteiger partial charge < -0.3 is 14.2 Å². The number of esters is 2. The molecule has 0 radical (unpaired) electrons. The minimum absolute atomic E-state index is 0.269. The standard InChI is InChI=1S/C23H18Br2O5/c1-2-28-23(27)17-9-11-21(19(25)13-17)30-22(26)14-29-20-10-8-16(12-18(20)24)15-6-4-3-5-7-15/h3-13H,2,14H2,1H3. The Hall–Kier alpha value is -2.64. The molecular weight excluding hydrogens is 516 g/mol. The first-order valence-electron chi connectivity index (χ1n) is 9.13. The number of hydrogen-bond donors (Lipinski definition) is 0. The van der Waals surface area contributed by atoms with E-state index in [4.69, 9.17) is 14.2 Å². The summed E-state index contributed by atoms with van der Waals surface area (Å²) in [5.74, 6) is -0.194. The van der Waals surface area contributed by atoms with E-state index in [0.717, 1.165) is 15.6 Å². The van der Waals surface area contributed by atoms with Crippen LogP contribution in [0.1, 0.15) is 17.3 Å². The fourth-order valence-electron chi connectivity index (χ4n) is 2.64. The molecule has 0 aliphatic heterocycles. The van der Waals surface area contributed by atoms with E-state index < -0.39 is 11.9 Å². The maximum Gasteiger partial charge on any atom is 0.349 e. The first-order chi connectivity index (χ1) is 14.5. The normalized spacial score (nSPS) is 10.4. The highest BCUT2D eigenvalue weighted by Gasteiger charge is 2.14. The zero-order valence-electron chi connectivity index (χ0n) is 16.1. The summed E-state index contributed by atoms with van der Waals surface area (Å²) in [5.41, 5.74) is 2.48. The quantitative estimate of drug-likeness (QED) is 0.273. The van der Waals surface area contributed by atoms with Crippen LogP contribution in [0.15, 0.2) is 75.7 Å². The number of ether oxygens (including phenoxy) is 3. The third kappa shape index (κ3) is 5.70. The summed E-state index contributed by atoms with van der Waals surface area (Å²) in [4.78, 5) is 23.9. The van der Waals surface area contributed by atoms with Crippen LogP contribution >= 0.6 is 31.9 Å². The van der Waals surface area contributed by atoms with E-state index in [-0.39, 0.29) is 19.0 Å². The zero-order chi connectivity index (χ0) is 21.5. The Morgan fingerprint density at radius 1 is 0.833 bits per heavy atom. The van der Waals surface area contributed by atoms with Crippen molar-refractivity contribution in [2.45, 2.75) is 6.92 Å². The van der Waals surface area contributed by atoms with E-state index in [9.17, 15) is 9.59 Å². The minimum Gasteiger partial charge on any atom is -0.481 e. The Balaban J connectivity index is 1.60. The van der Waals surface area contributed by atoms with Gasteiger partial charge in [-0.1, -0.05) is 36.4 Å². The Morgan fingerprint density at radius 2 is 1.53 bits per heavy atom. The SMILES string of the molecule is CCOC(=O)c1ccc(OC(=O)COc2ccc(-c3ccccc3)cc2Br)c(Br)c1. The molecule has 3 aromatic rings. The fraction of sp³-hybridized carbons (Fsp3) is 0.130. The number of carbonyl (C=O) groups is 2. The van der Waals surface area contributed by atoms with Gasteiger partial charge in [0.1, 0.15) is 11.5 Å². The van der Waals surface area contributed by atoms with E-state index in [1.165, 1.54) is 12.1 Å². The first-order valence-corrected chi connectivity index (χ1v) is 10.7. The molecule has 154 valence electrons. The van der Waals surface area contributed by atoms with Crippen molar-refractivity contribution in [1.82, 2.24) is 0 Å². The van der Waals surface area contributed by atoms with Crippen LogP contribution in [-0.4, -0.2) is 25.2 Å². The molecule has 0 unspecified atom stereocenters. The lowest BCUT2D eigenvalue weighted by Gasteiger charge is -2.11. The van der Waals surface area contributed by atoms with Gasteiger partial charge in [-0.3, -0.25) is 0 Å². The molecule has 0 fully saturated rings. The van der Waals surface area contributed by atoms with Crippen molar-refractivity contribution in [3.8, 4) is 22.6 Å². The van der Waals surface area contributed by atoms with Gasteiger partial charge in [0, 0.05) is 0 Å². The van der Waals surface area contributed by atoms with Crippen molar-refractivity contribution in [2.24, 2.45) is 0 Å². The van der Waals surface area contributed by atoms with Crippen LogP contribution in [0, 0.1) is 0 Å². The van der Waals surface area contributed by atoms with Crippen molar-refractivity contribution in [3.05, 3.63) is 81.2 Å². The van der Waals surface area contributed by atoms with Gasteiger partial charge in [0.25, 0.3) is 0 Å². The fourth-order valence-corrected chi connectivity index (χ4v) is 3.59. The Bertz CT molecular complexity index is 1050. The Morgan fingerprint density at radius 3 is 2.20 bits per heavy atom. The number of rotatable bonds is 7. The molecular formula is C23H18Br2O5.